The van der Waals surface area contributed by atoms with Crippen molar-refractivity contribution in [1.29, 1.82) is 5.26 Å². The maximum Gasteiger partial charge on any atom is 0.143 e. The van der Waals surface area contributed by atoms with E-state index in [1.807, 2.05) is 6.07 Å². The first-order valence-corrected chi connectivity index (χ1v) is 4.75. The molecule has 1 heterocycles. The van der Waals surface area contributed by atoms with Crippen LogP contribution >= 0.6 is 0 Å². The monoisotopic (exact) mass is 216 g/mol. The van der Waals surface area contributed by atoms with Crippen molar-refractivity contribution in [3.8, 4) is 6.07 Å². The molecule has 0 aliphatic rings. The predicted molar refractivity (Wildman–Crippen MR) is 57.1 cm³/mol. The molecule has 80 valence electrons. The van der Waals surface area contributed by atoms with Crippen molar-refractivity contribution in [2.75, 3.05) is 5.32 Å². The van der Waals surface area contributed by atoms with Gasteiger partial charge in [-0.1, -0.05) is 6.07 Å². The summed E-state index contributed by atoms with van der Waals surface area (Å²) in [6.45, 7) is 0.495. The van der Waals surface area contributed by atoms with E-state index >= 15 is 0 Å². The quantitative estimate of drug-likeness (QED) is 0.858. The largest absolute Gasteiger partial charge is 0.472 e. The first-order valence-electron chi connectivity index (χ1n) is 4.75. The normalized spacial score (nSPS) is 9.75. The number of hydrogen-bond acceptors (Lipinski definition) is 3. The number of nitriles is 1. The number of rotatable bonds is 3. The Morgan fingerprint density at radius 1 is 1.38 bits per heavy atom. The Hall–Kier alpha value is -2.28. The Kier molecular flexibility index (Phi) is 2.88. The zero-order valence-corrected chi connectivity index (χ0v) is 8.40. The van der Waals surface area contributed by atoms with Crippen molar-refractivity contribution in [1.82, 2.24) is 0 Å². The van der Waals surface area contributed by atoms with Crippen LogP contribution in [0.3, 0.4) is 0 Å². The number of hydrogen-bond donors (Lipinski definition) is 1. The first-order chi connectivity index (χ1) is 7.81. The molecule has 1 N–H and O–H groups in total. The van der Waals surface area contributed by atoms with Gasteiger partial charge in [0.05, 0.1) is 18.2 Å². The minimum Gasteiger partial charge on any atom is -0.472 e. The summed E-state index contributed by atoms with van der Waals surface area (Å²) in [5.74, 6) is -0.514. The molecular weight excluding hydrogens is 207 g/mol. The van der Waals surface area contributed by atoms with Crippen LogP contribution in [-0.2, 0) is 6.54 Å². The van der Waals surface area contributed by atoms with E-state index in [1.165, 1.54) is 6.07 Å². The highest BCUT2D eigenvalue weighted by molar-refractivity contribution is 5.57. The van der Waals surface area contributed by atoms with Gasteiger partial charge in [-0.2, -0.15) is 5.26 Å². The molecule has 3 nitrogen and oxygen atoms in total. The highest BCUT2D eigenvalue weighted by Crippen LogP contribution is 2.18. The summed E-state index contributed by atoms with van der Waals surface area (Å²) in [7, 11) is 0. The van der Waals surface area contributed by atoms with E-state index in [0.717, 1.165) is 5.56 Å². The molecule has 4 heteroatoms. The van der Waals surface area contributed by atoms with Crippen LogP contribution < -0.4 is 5.32 Å². The Morgan fingerprint density at radius 2 is 2.25 bits per heavy atom. The summed E-state index contributed by atoms with van der Waals surface area (Å²) in [5.41, 5.74) is 1.46. The highest BCUT2D eigenvalue weighted by Gasteiger charge is 2.06. The average Bonchev–Trinajstić information content (AvgIpc) is 2.79. The maximum atomic E-state index is 13.2. The Morgan fingerprint density at radius 3 is 2.94 bits per heavy atom. The van der Waals surface area contributed by atoms with Gasteiger partial charge in [-0.15, -0.1) is 0 Å². The number of furan rings is 1. The van der Waals surface area contributed by atoms with Crippen molar-refractivity contribution < 1.29 is 8.81 Å². The minimum absolute atomic E-state index is 0.0333. The molecule has 2 aromatic rings. The minimum atomic E-state index is -0.514. The van der Waals surface area contributed by atoms with Crippen LogP contribution in [0.4, 0.5) is 10.1 Å². The molecule has 0 bridgehead atoms. The molecule has 0 saturated carbocycles. The van der Waals surface area contributed by atoms with Crippen molar-refractivity contribution in [2.24, 2.45) is 0 Å². The van der Waals surface area contributed by atoms with E-state index in [1.54, 1.807) is 30.7 Å². The van der Waals surface area contributed by atoms with Crippen LogP contribution in [0.15, 0.2) is 41.2 Å². The molecule has 0 aliphatic heterocycles. The zero-order chi connectivity index (χ0) is 11.4. The predicted octanol–water partition coefficient (Wildman–Crippen LogP) is 2.90. The molecule has 16 heavy (non-hydrogen) atoms. The van der Waals surface area contributed by atoms with Gasteiger partial charge in [0.1, 0.15) is 17.4 Å². The lowest BCUT2D eigenvalue weighted by Crippen LogP contribution is -2.01. The molecule has 0 spiro atoms. The van der Waals surface area contributed by atoms with Crippen LogP contribution in [0.1, 0.15) is 11.1 Å². The Labute approximate surface area is 92.1 Å². The lowest BCUT2D eigenvalue weighted by molar-refractivity contribution is 0.564. The molecule has 1 aromatic carbocycles. The van der Waals surface area contributed by atoms with Gasteiger partial charge in [-0.25, -0.2) is 4.39 Å². The summed E-state index contributed by atoms with van der Waals surface area (Å²) in [6, 6.07) is 8.13. The summed E-state index contributed by atoms with van der Waals surface area (Å²) < 4.78 is 18.1. The molecule has 0 amide bonds. The molecule has 0 aliphatic carbocycles. The van der Waals surface area contributed by atoms with Crippen molar-refractivity contribution in [3.05, 3.63) is 53.7 Å². The van der Waals surface area contributed by atoms with E-state index in [4.69, 9.17) is 9.68 Å². The van der Waals surface area contributed by atoms with Crippen molar-refractivity contribution in [2.45, 2.75) is 6.54 Å². The smallest absolute Gasteiger partial charge is 0.143 e. The lowest BCUT2D eigenvalue weighted by Gasteiger charge is -2.06. The van der Waals surface area contributed by atoms with Crippen LogP contribution in [0.2, 0.25) is 0 Å². The Bertz CT molecular complexity index is 514. The second-order valence-corrected chi connectivity index (χ2v) is 3.26. The average molecular weight is 216 g/mol. The molecular formula is C12H9FN2O. The van der Waals surface area contributed by atoms with Gasteiger partial charge in [-0.05, 0) is 18.2 Å². The summed E-state index contributed by atoms with van der Waals surface area (Å²) in [6.07, 6.45) is 3.16. The van der Waals surface area contributed by atoms with Gasteiger partial charge in [0.25, 0.3) is 0 Å². The third-order valence-electron chi connectivity index (χ3n) is 2.19. The van der Waals surface area contributed by atoms with Gasteiger partial charge in [0, 0.05) is 12.1 Å². The zero-order valence-electron chi connectivity index (χ0n) is 8.40. The standard InChI is InChI=1S/C12H9FN2O/c13-11-2-1-3-12(10(11)6-14)15-7-9-4-5-16-8-9/h1-5,8,15H,7H2. The molecule has 0 radical (unpaired) electrons. The van der Waals surface area contributed by atoms with Crippen LogP contribution in [0.25, 0.3) is 0 Å². The molecule has 2 rings (SSSR count). The van der Waals surface area contributed by atoms with Crippen LogP contribution in [0.5, 0.6) is 0 Å². The second-order valence-electron chi connectivity index (χ2n) is 3.26. The number of anilines is 1. The number of nitrogens with zero attached hydrogens (tertiary/aromatic N) is 1. The van der Waals surface area contributed by atoms with Gasteiger partial charge in [0.2, 0.25) is 0 Å². The fourth-order valence-corrected chi connectivity index (χ4v) is 1.38. The highest BCUT2D eigenvalue weighted by atomic mass is 19.1. The number of benzene rings is 1. The maximum absolute atomic E-state index is 13.2. The molecule has 0 fully saturated rings. The van der Waals surface area contributed by atoms with E-state index < -0.39 is 5.82 Å². The van der Waals surface area contributed by atoms with E-state index in [0.29, 0.717) is 12.2 Å². The van der Waals surface area contributed by atoms with Crippen molar-refractivity contribution >= 4 is 5.69 Å². The topological polar surface area (TPSA) is 49.0 Å². The summed E-state index contributed by atoms with van der Waals surface area (Å²) in [4.78, 5) is 0. The molecule has 0 saturated heterocycles. The third kappa shape index (κ3) is 2.04. The SMILES string of the molecule is N#Cc1c(F)cccc1NCc1ccoc1. The van der Waals surface area contributed by atoms with Gasteiger partial charge in [-0.3, -0.25) is 0 Å². The molecule has 0 unspecified atom stereocenters. The van der Waals surface area contributed by atoms with Crippen molar-refractivity contribution in [3.63, 3.8) is 0 Å². The second kappa shape index (κ2) is 4.49. The summed E-state index contributed by atoms with van der Waals surface area (Å²) >= 11 is 0. The van der Waals surface area contributed by atoms with Gasteiger partial charge < -0.3 is 9.73 Å². The Balaban J connectivity index is 2.16. The molecule has 1 aromatic heterocycles. The lowest BCUT2D eigenvalue weighted by atomic mass is 10.2. The fourth-order valence-electron chi connectivity index (χ4n) is 1.38. The van der Waals surface area contributed by atoms with E-state index in [2.05, 4.69) is 5.32 Å². The fraction of sp³-hybridized carbons (Fsp3) is 0.0833. The van der Waals surface area contributed by atoms with E-state index in [-0.39, 0.29) is 5.56 Å². The molecule has 0 atom stereocenters. The van der Waals surface area contributed by atoms with E-state index in [9.17, 15) is 4.39 Å². The van der Waals surface area contributed by atoms with Crippen LogP contribution in [-0.4, -0.2) is 0 Å². The van der Waals surface area contributed by atoms with Gasteiger partial charge >= 0.3 is 0 Å². The van der Waals surface area contributed by atoms with Gasteiger partial charge in [0.15, 0.2) is 0 Å². The van der Waals surface area contributed by atoms with Crippen LogP contribution in [0, 0.1) is 17.1 Å². The summed E-state index contributed by atoms with van der Waals surface area (Å²) in [5, 5.41) is 11.8. The third-order valence-corrected chi connectivity index (χ3v) is 2.19. The first kappa shape index (κ1) is 10.2. The number of nitrogens with one attached hydrogen (secondary N) is 1. The number of halogens is 1.